The molecular weight excluding hydrogens is 403 g/mol. The lowest BCUT2D eigenvalue weighted by Crippen LogP contribution is -2.29. The van der Waals surface area contributed by atoms with Crippen LogP contribution >= 0.6 is 11.3 Å². The summed E-state index contributed by atoms with van der Waals surface area (Å²) < 4.78 is 67.3. The minimum absolute atomic E-state index is 0.307. The van der Waals surface area contributed by atoms with E-state index in [4.69, 9.17) is 4.74 Å². The fraction of sp³-hybridized carbons (Fsp3) is 0.125. The van der Waals surface area contributed by atoms with E-state index in [1.165, 1.54) is 18.0 Å². The number of anilines is 1. The van der Waals surface area contributed by atoms with Crippen molar-refractivity contribution in [3.8, 4) is 27.6 Å². The second kappa shape index (κ2) is 7.16. The van der Waals surface area contributed by atoms with Crippen LogP contribution in [0.1, 0.15) is 0 Å². The fourth-order valence-electron chi connectivity index (χ4n) is 2.15. The first-order chi connectivity index (χ1) is 12.7. The van der Waals surface area contributed by atoms with Gasteiger partial charge in [-0.2, -0.15) is 21.6 Å². The lowest BCUT2D eigenvalue weighted by atomic mass is 10.1. The first kappa shape index (κ1) is 19.1. The summed E-state index contributed by atoms with van der Waals surface area (Å²) in [5, 5.41) is -0.404. The number of methoxy groups -OCH3 is 1. The molecule has 0 aliphatic heterocycles. The number of pyridine rings is 1. The number of nitrogens with zero attached hydrogens (tertiary/aromatic N) is 2. The van der Waals surface area contributed by atoms with Gasteiger partial charge in [-0.1, -0.05) is 17.4 Å². The molecule has 0 saturated heterocycles. The molecular formula is C16H12F3N3O3S2. The van der Waals surface area contributed by atoms with E-state index in [2.05, 4.69) is 9.97 Å². The van der Waals surface area contributed by atoms with Crippen LogP contribution in [-0.4, -0.2) is 31.0 Å². The molecule has 0 aliphatic rings. The topological polar surface area (TPSA) is 81.2 Å². The second-order valence-electron chi connectivity index (χ2n) is 5.19. The SMILES string of the molecule is COc1ccc(-c2nc(NS(=O)(=O)C(F)(F)F)sc2-c2ccccn2)cc1. The van der Waals surface area contributed by atoms with E-state index < -0.39 is 20.7 Å². The summed E-state index contributed by atoms with van der Waals surface area (Å²) in [6.45, 7) is 0. The van der Waals surface area contributed by atoms with Gasteiger partial charge in [-0.05, 0) is 36.4 Å². The molecule has 27 heavy (non-hydrogen) atoms. The molecule has 0 atom stereocenters. The maximum absolute atomic E-state index is 12.7. The normalized spacial score (nSPS) is 12.0. The molecule has 0 saturated carbocycles. The first-order valence-electron chi connectivity index (χ1n) is 7.37. The summed E-state index contributed by atoms with van der Waals surface area (Å²) in [4.78, 5) is 8.66. The molecule has 3 aromatic rings. The van der Waals surface area contributed by atoms with Crippen LogP contribution in [0.3, 0.4) is 0 Å². The number of hydrogen-bond donors (Lipinski definition) is 1. The van der Waals surface area contributed by atoms with Crippen LogP contribution in [0.25, 0.3) is 21.8 Å². The second-order valence-corrected chi connectivity index (χ2v) is 7.86. The molecule has 0 spiro atoms. The molecule has 1 N–H and O–H groups in total. The molecule has 0 aliphatic carbocycles. The zero-order valence-corrected chi connectivity index (χ0v) is 15.3. The number of sulfonamides is 1. The zero-order chi connectivity index (χ0) is 19.7. The fourth-order valence-corrected chi connectivity index (χ4v) is 3.85. The molecule has 0 bridgehead atoms. The maximum atomic E-state index is 12.7. The maximum Gasteiger partial charge on any atom is 0.516 e. The van der Waals surface area contributed by atoms with E-state index in [0.717, 1.165) is 11.3 Å². The average molecular weight is 415 g/mol. The molecule has 0 amide bonds. The molecule has 3 rings (SSSR count). The van der Waals surface area contributed by atoms with Crippen LogP contribution < -0.4 is 9.46 Å². The molecule has 11 heteroatoms. The minimum Gasteiger partial charge on any atom is -0.497 e. The summed E-state index contributed by atoms with van der Waals surface area (Å²) in [5.41, 5.74) is -4.10. The Morgan fingerprint density at radius 1 is 1.11 bits per heavy atom. The molecule has 2 aromatic heterocycles. The van der Waals surface area contributed by atoms with Crippen molar-refractivity contribution in [3.63, 3.8) is 0 Å². The van der Waals surface area contributed by atoms with E-state index in [0.29, 0.717) is 27.6 Å². The predicted molar refractivity (Wildman–Crippen MR) is 95.9 cm³/mol. The van der Waals surface area contributed by atoms with Gasteiger partial charge in [-0.15, -0.1) is 0 Å². The smallest absolute Gasteiger partial charge is 0.497 e. The Bertz CT molecular complexity index is 1030. The number of alkyl halides is 3. The number of thiazole rings is 1. The summed E-state index contributed by atoms with van der Waals surface area (Å²) in [6, 6.07) is 11.7. The molecule has 0 radical (unpaired) electrons. The highest BCUT2D eigenvalue weighted by Gasteiger charge is 2.46. The van der Waals surface area contributed by atoms with Gasteiger partial charge >= 0.3 is 15.5 Å². The van der Waals surface area contributed by atoms with Crippen molar-refractivity contribution in [2.45, 2.75) is 5.51 Å². The van der Waals surface area contributed by atoms with Gasteiger partial charge < -0.3 is 4.74 Å². The van der Waals surface area contributed by atoms with Crippen molar-refractivity contribution >= 4 is 26.5 Å². The van der Waals surface area contributed by atoms with E-state index in [-0.39, 0.29) is 0 Å². The number of aromatic nitrogens is 2. The van der Waals surface area contributed by atoms with E-state index in [9.17, 15) is 21.6 Å². The first-order valence-corrected chi connectivity index (χ1v) is 9.67. The van der Waals surface area contributed by atoms with Gasteiger partial charge in [0.15, 0.2) is 5.13 Å². The van der Waals surface area contributed by atoms with Gasteiger partial charge in [0.2, 0.25) is 0 Å². The van der Waals surface area contributed by atoms with Crippen molar-refractivity contribution in [2.75, 3.05) is 11.8 Å². The van der Waals surface area contributed by atoms with E-state index in [1.807, 2.05) is 0 Å². The van der Waals surface area contributed by atoms with Crippen LogP contribution in [0.2, 0.25) is 0 Å². The minimum atomic E-state index is -5.57. The number of hydrogen-bond acceptors (Lipinski definition) is 6. The third kappa shape index (κ3) is 4.03. The number of rotatable bonds is 5. The Hall–Kier alpha value is -2.66. The van der Waals surface area contributed by atoms with Gasteiger partial charge in [-0.25, -0.2) is 4.98 Å². The van der Waals surface area contributed by atoms with Crippen LogP contribution in [-0.2, 0) is 10.0 Å². The number of benzene rings is 1. The van der Waals surface area contributed by atoms with Crippen LogP contribution in [0.4, 0.5) is 18.3 Å². The molecule has 0 fully saturated rings. The van der Waals surface area contributed by atoms with E-state index in [1.54, 1.807) is 42.5 Å². The zero-order valence-electron chi connectivity index (χ0n) is 13.7. The van der Waals surface area contributed by atoms with Crippen molar-refractivity contribution < 1.29 is 26.3 Å². The lowest BCUT2D eigenvalue weighted by Gasteiger charge is -2.07. The van der Waals surface area contributed by atoms with Crippen molar-refractivity contribution in [2.24, 2.45) is 0 Å². The Labute approximate surface area is 156 Å². The number of ether oxygens (including phenoxy) is 1. The highest BCUT2D eigenvalue weighted by Crippen LogP contribution is 2.39. The van der Waals surface area contributed by atoms with Gasteiger partial charge in [0.05, 0.1) is 23.4 Å². The summed E-state index contributed by atoms with van der Waals surface area (Å²) in [7, 11) is -4.07. The number of halogens is 3. The Morgan fingerprint density at radius 3 is 2.37 bits per heavy atom. The van der Waals surface area contributed by atoms with Crippen LogP contribution in [0.5, 0.6) is 5.75 Å². The molecule has 142 valence electrons. The monoisotopic (exact) mass is 415 g/mol. The molecule has 2 heterocycles. The summed E-state index contributed by atoms with van der Waals surface area (Å²) in [6.07, 6.45) is 1.52. The van der Waals surface area contributed by atoms with Crippen LogP contribution in [0.15, 0.2) is 48.7 Å². The Morgan fingerprint density at radius 2 is 1.81 bits per heavy atom. The standard InChI is InChI=1S/C16H12F3N3O3S2/c1-25-11-7-5-10(6-8-11)13-14(12-4-2-3-9-20-12)26-15(21-13)22-27(23,24)16(17,18)19/h2-9H,1H3,(H,21,22). The van der Waals surface area contributed by atoms with Gasteiger partial charge in [0.1, 0.15) is 5.75 Å². The van der Waals surface area contributed by atoms with Gasteiger partial charge in [-0.3, -0.25) is 9.71 Å². The Kier molecular flexibility index (Phi) is 5.07. The van der Waals surface area contributed by atoms with Crippen molar-refractivity contribution in [1.82, 2.24) is 9.97 Å². The van der Waals surface area contributed by atoms with Gasteiger partial charge in [0, 0.05) is 11.8 Å². The largest absolute Gasteiger partial charge is 0.516 e. The van der Waals surface area contributed by atoms with Crippen molar-refractivity contribution in [1.29, 1.82) is 0 Å². The summed E-state index contributed by atoms with van der Waals surface area (Å²) >= 11 is 0.765. The lowest BCUT2D eigenvalue weighted by molar-refractivity contribution is -0.0429. The predicted octanol–water partition coefficient (Wildman–Crippen LogP) is 4.14. The third-order valence-electron chi connectivity index (χ3n) is 3.41. The third-order valence-corrected chi connectivity index (χ3v) is 5.61. The molecule has 1 aromatic carbocycles. The highest BCUT2D eigenvalue weighted by atomic mass is 32.2. The summed E-state index contributed by atoms with van der Waals surface area (Å²) in [5.74, 6) is 0.589. The quantitative estimate of drug-likeness (QED) is 0.677. The van der Waals surface area contributed by atoms with E-state index >= 15 is 0 Å². The van der Waals surface area contributed by atoms with Gasteiger partial charge in [0.25, 0.3) is 0 Å². The highest BCUT2D eigenvalue weighted by molar-refractivity contribution is 7.93. The molecule has 0 unspecified atom stereocenters. The number of nitrogens with one attached hydrogen (secondary N) is 1. The average Bonchev–Trinajstić information content (AvgIpc) is 3.04. The van der Waals surface area contributed by atoms with Crippen molar-refractivity contribution in [3.05, 3.63) is 48.7 Å². The van der Waals surface area contributed by atoms with Crippen LogP contribution in [0, 0.1) is 0 Å². The molecule has 6 nitrogen and oxygen atoms in total. The Balaban J connectivity index is 2.09.